The Bertz CT molecular complexity index is 529. The van der Waals surface area contributed by atoms with Crippen LogP contribution in [0.2, 0.25) is 0 Å². The van der Waals surface area contributed by atoms with Crippen molar-refractivity contribution in [1.29, 1.82) is 0 Å². The van der Waals surface area contributed by atoms with Crippen LogP contribution in [0.3, 0.4) is 0 Å². The lowest BCUT2D eigenvalue weighted by Crippen LogP contribution is -2.46. The molecule has 1 saturated carbocycles. The quantitative estimate of drug-likeness (QED) is 0.840. The van der Waals surface area contributed by atoms with Crippen molar-refractivity contribution in [3.8, 4) is 0 Å². The molecule has 1 amide bonds. The van der Waals surface area contributed by atoms with E-state index in [1.165, 1.54) is 32.1 Å². The summed E-state index contributed by atoms with van der Waals surface area (Å²) in [6.07, 6.45) is 6.51. The van der Waals surface area contributed by atoms with E-state index in [4.69, 9.17) is 5.73 Å². The molecule has 1 saturated heterocycles. The van der Waals surface area contributed by atoms with Crippen LogP contribution in [0.15, 0.2) is 18.2 Å². The Labute approximate surface area is 126 Å². The minimum Gasteiger partial charge on any atom is -0.399 e. The Balaban J connectivity index is 1.61. The van der Waals surface area contributed by atoms with Crippen molar-refractivity contribution in [3.63, 3.8) is 0 Å². The maximum absolute atomic E-state index is 12.3. The maximum atomic E-state index is 12.3. The normalized spacial score (nSPS) is 25.6. The SMILES string of the molecule is Cc1cc(N)ccc1NC(=O)CN1CCCC2CCCC21. The van der Waals surface area contributed by atoms with E-state index in [0.717, 1.165) is 29.4 Å². The lowest BCUT2D eigenvalue weighted by Gasteiger charge is -2.37. The molecule has 21 heavy (non-hydrogen) atoms. The average Bonchev–Trinajstić information content (AvgIpc) is 2.91. The summed E-state index contributed by atoms with van der Waals surface area (Å²) in [5.74, 6) is 0.917. The van der Waals surface area contributed by atoms with Gasteiger partial charge in [0.1, 0.15) is 0 Å². The summed E-state index contributed by atoms with van der Waals surface area (Å²) in [5.41, 5.74) is 8.36. The van der Waals surface area contributed by atoms with Gasteiger partial charge in [-0.25, -0.2) is 0 Å². The monoisotopic (exact) mass is 287 g/mol. The summed E-state index contributed by atoms with van der Waals surface area (Å²) in [7, 11) is 0. The van der Waals surface area contributed by atoms with E-state index in [1.54, 1.807) is 0 Å². The predicted octanol–water partition coefficient (Wildman–Crippen LogP) is 2.78. The summed E-state index contributed by atoms with van der Waals surface area (Å²) in [6.45, 7) is 3.56. The zero-order valence-electron chi connectivity index (χ0n) is 12.8. The van der Waals surface area contributed by atoms with Crippen molar-refractivity contribution in [2.75, 3.05) is 24.1 Å². The van der Waals surface area contributed by atoms with Gasteiger partial charge in [0.15, 0.2) is 0 Å². The molecule has 2 atom stereocenters. The number of carbonyl (C=O) groups excluding carboxylic acids is 1. The smallest absolute Gasteiger partial charge is 0.238 e. The van der Waals surface area contributed by atoms with E-state index in [2.05, 4.69) is 10.2 Å². The Hall–Kier alpha value is -1.55. The molecule has 3 rings (SSSR count). The molecule has 0 bridgehead atoms. The molecule has 2 unspecified atom stereocenters. The Morgan fingerprint density at radius 3 is 2.95 bits per heavy atom. The third-order valence-electron chi connectivity index (χ3n) is 4.98. The van der Waals surface area contributed by atoms with Crippen LogP contribution in [0.1, 0.15) is 37.7 Å². The van der Waals surface area contributed by atoms with Crippen molar-refractivity contribution in [2.24, 2.45) is 5.92 Å². The Morgan fingerprint density at radius 1 is 1.33 bits per heavy atom. The summed E-state index contributed by atoms with van der Waals surface area (Å²) in [5, 5.41) is 3.03. The van der Waals surface area contributed by atoms with Crippen LogP contribution in [-0.2, 0) is 4.79 Å². The van der Waals surface area contributed by atoms with E-state index in [1.807, 2.05) is 25.1 Å². The number of nitrogens with one attached hydrogen (secondary N) is 1. The second kappa shape index (κ2) is 6.06. The standard InChI is InChI=1S/C17H25N3O/c1-12-10-14(18)7-8-15(12)19-17(21)11-20-9-3-5-13-4-2-6-16(13)20/h7-8,10,13,16H,2-6,9,11,18H2,1H3,(H,19,21). The van der Waals surface area contributed by atoms with Crippen LogP contribution in [0.5, 0.6) is 0 Å². The van der Waals surface area contributed by atoms with Crippen LogP contribution < -0.4 is 11.1 Å². The average molecular weight is 287 g/mol. The lowest BCUT2D eigenvalue weighted by molar-refractivity contribution is -0.118. The number of nitrogen functional groups attached to an aromatic ring is 1. The van der Waals surface area contributed by atoms with Gasteiger partial charge in [0.25, 0.3) is 0 Å². The molecule has 1 aromatic carbocycles. The molecule has 0 radical (unpaired) electrons. The van der Waals surface area contributed by atoms with E-state index in [0.29, 0.717) is 12.6 Å². The number of piperidine rings is 1. The first-order chi connectivity index (χ1) is 10.1. The van der Waals surface area contributed by atoms with Gasteiger partial charge in [0, 0.05) is 17.4 Å². The third kappa shape index (κ3) is 3.21. The molecule has 2 aliphatic rings. The van der Waals surface area contributed by atoms with Crippen LogP contribution >= 0.6 is 0 Å². The molecule has 3 N–H and O–H groups in total. The maximum Gasteiger partial charge on any atom is 0.238 e. The van der Waals surface area contributed by atoms with E-state index < -0.39 is 0 Å². The zero-order valence-corrected chi connectivity index (χ0v) is 12.8. The van der Waals surface area contributed by atoms with Crippen LogP contribution in [0, 0.1) is 12.8 Å². The molecule has 4 heteroatoms. The highest BCUT2D eigenvalue weighted by Crippen LogP contribution is 2.36. The highest BCUT2D eigenvalue weighted by atomic mass is 16.2. The number of hydrogen-bond donors (Lipinski definition) is 2. The van der Waals surface area contributed by atoms with Gasteiger partial charge in [-0.2, -0.15) is 0 Å². The number of benzene rings is 1. The van der Waals surface area contributed by atoms with E-state index in [9.17, 15) is 4.79 Å². The number of hydrogen-bond acceptors (Lipinski definition) is 3. The summed E-state index contributed by atoms with van der Waals surface area (Å²) in [4.78, 5) is 14.7. The Kier molecular flexibility index (Phi) is 4.15. The number of likely N-dealkylation sites (tertiary alicyclic amines) is 1. The summed E-state index contributed by atoms with van der Waals surface area (Å²) in [6, 6.07) is 6.24. The van der Waals surface area contributed by atoms with Gasteiger partial charge in [-0.05, 0) is 68.8 Å². The number of aryl methyl sites for hydroxylation is 1. The molecule has 1 aromatic rings. The number of amides is 1. The molecule has 0 aromatic heterocycles. The number of fused-ring (bicyclic) bond motifs is 1. The predicted molar refractivity (Wildman–Crippen MR) is 86.2 cm³/mol. The first kappa shape index (κ1) is 14.4. The fraction of sp³-hybridized carbons (Fsp3) is 0.588. The summed E-state index contributed by atoms with van der Waals surface area (Å²) < 4.78 is 0. The van der Waals surface area contributed by atoms with Gasteiger partial charge in [-0.15, -0.1) is 0 Å². The molecule has 4 nitrogen and oxygen atoms in total. The molecule has 1 aliphatic carbocycles. The molecule has 0 spiro atoms. The largest absolute Gasteiger partial charge is 0.399 e. The molecular formula is C17H25N3O. The highest BCUT2D eigenvalue weighted by Gasteiger charge is 2.35. The van der Waals surface area contributed by atoms with Crippen LogP contribution in [0.4, 0.5) is 11.4 Å². The van der Waals surface area contributed by atoms with Gasteiger partial charge in [-0.1, -0.05) is 6.42 Å². The molecule has 114 valence electrons. The van der Waals surface area contributed by atoms with Gasteiger partial charge < -0.3 is 11.1 Å². The first-order valence-electron chi connectivity index (χ1n) is 8.03. The molecule has 1 heterocycles. The van der Waals surface area contributed by atoms with E-state index in [-0.39, 0.29) is 5.91 Å². The molecular weight excluding hydrogens is 262 g/mol. The van der Waals surface area contributed by atoms with Gasteiger partial charge in [-0.3, -0.25) is 9.69 Å². The lowest BCUT2D eigenvalue weighted by atomic mass is 9.92. The number of carbonyl (C=O) groups is 1. The van der Waals surface area contributed by atoms with Crippen LogP contribution in [0.25, 0.3) is 0 Å². The van der Waals surface area contributed by atoms with Gasteiger partial charge in [0.2, 0.25) is 5.91 Å². The minimum absolute atomic E-state index is 0.0930. The number of nitrogens with zero attached hydrogens (tertiary/aromatic N) is 1. The minimum atomic E-state index is 0.0930. The van der Waals surface area contributed by atoms with Crippen molar-refractivity contribution in [1.82, 2.24) is 4.90 Å². The van der Waals surface area contributed by atoms with E-state index >= 15 is 0 Å². The summed E-state index contributed by atoms with van der Waals surface area (Å²) >= 11 is 0. The fourth-order valence-electron chi connectivity index (χ4n) is 3.95. The van der Waals surface area contributed by atoms with Crippen LogP contribution in [-0.4, -0.2) is 29.9 Å². The second-order valence-electron chi connectivity index (χ2n) is 6.49. The second-order valence-corrected chi connectivity index (χ2v) is 6.49. The number of anilines is 2. The van der Waals surface area contributed by atoms with Crippen molar-refractivity contribution in [2.45, 2.75) is 45.1 Å². The van der Waals surface area contributed by atoms with Crippen molar-refractivity contribution < 1.29 is 4.79 Å². The first-order valence-corrected chi connectivity index (χ1v) is 8.03. The number of nitrogens with two attached hydrogens (primary N) is 1. The molecule has 1 aliphatic heterocycles. The Morgan fingerprint density at radius 2 is 2.14 bits per heavy atom. The zero-order chi connectivity index (χ0) is 14.8. The molecule has 2 fully saturated rings. The van der Waals surface area contributed by atoms with Crippen molar-refractivity contribution in [3.05, 3.63) is 23.8 Å². The number of rotatable bonds is 3. The third-order valence-corrected chi connectivity index (χ3v) is 4.98. The van der Waals surface area contributed by atoms with Crippen molar-refractivity contribution >= 4 is 17.3 Å². The fourth-order valence-corrected chi connectivity index (χ4v) is 3.95. The van der Waals surface area contributed by atoms with Gasteiger partial charge in [0.05, 0.1) is 6.54 Å². The topological polar surface area (TPSA) is 58.4 Å². The highest BCUT2D eigenvalue weighted by molar-refractivity contribution is 5.93. The van der Waals surface area contributed by atoms with Gasteiger partial charge >= 0.3 is 0 Å².